The van der Waals surface area contributed by atoms with Gasteiger partial charge in [-0.05, 0) is 6.92 Å². The van der Waals surface area contributed by atoms with E-state index >= 15 is 0 Å². The Bertz CT molecular complexity index is 169. The first-order valence-corrected chi connectivity index (χ1v) is 3.06. The summed E-state index contributed by atoms with van der Waals surface area (Å²) in [5, 5.41) is 0. The van der Waals surface area contributed by atoms with Gasteiger partial charge in [-0.3, -0.25) is 9.98 Å². The van der Waals surface area contributed by atoms with Crippen molar-refractivity contribution in [3.05, 3.63) is 0 Å². The van der Waals surface area contributed by atoms with Gasteiger partial charge in [-0.2, -0.15) is 13.2 Å². The van der Waals surface area contributed by atoms with Crippen molar-refractivity contribution in [1.82, 2.24) is 0 Å². The molecule has 0 aliphatic rings. The smallest absolute Gasteiger partial charge is 0.291 e. The normalized spacial score (nSPS) is 14.5. The summed E-state index contributed by atoms with van der Waals surface area (Å²) >= 11 is 0. The van der Waals surface area contributed by atoms with E-state index in [1.165, 1.54) is 0 Å². The third kappa shape index (κ3) is 3.75. The lowest BCUT2D eigenvalue weighted by atomic mass is 10.4. The van der Waals surface area contributed by atoms with E-state index < -0.39 is 11.9 Å². The monoisotopic (exact) mass is 166 g/mol. The number of nitrogens with zero attached hydrogens (tertiary/aromatic N) is 2. The summed E-state index contributed by atoms with van der Waals surface area (Å²) in [7, 11) is 1.09. The number of halogens is 3. The van der Waals surface area contributed by atoms with Crippen LogP contribution in [-0.4, -0.2) is 31.7 Å². The fraction of sp³-hybridized carbons (Fsp3) is 0.667. The highest BCUT2D eigenvalue weighted by atomic mass is 19.4. The van der Waals surface area contributed by atoms with E-state index in [-0.39, 0.29) is 0 Å². The van der Waals surface area contributed by atoms with E-state index in [0.29, 0.717) is 6.54 Å². The average molecular weight is 166 g/mol. The standard InChI is InChI=1S/C6H9F3N2/c1-3-11-4-5(10-2)6(7,8)9/h4H,3H2,1-2H3/b10-5+,11-4-. The molecule has 0 atom stereocenters. The Morgan fingerprint density at radius 2 is 2.00 bits per heavy atom. The molecule has 0 spiro atoms. The van der Waals surface area contributed by atoms with E-state index in [0.717, 1.165) is 13.3 Å². The molecule has 0 unspecified atom stereocenters. The molecule has 0 saturated heterocycles. The van der Waals surface area contributed by atoms with Gasteiger partial charge in [0.15, 0.2) is 5.71 Å². The summed E-state index contributed by atoms with van der Waals surface area (Å²) in [4.78, 5) is 6.47. The molecule has 0 aliphatic carbocycles. The van der Waals surface area contributed by atoms with Crippen molar-refractivity contribution in [3.63, 3.8) is 0 Å². The molecular weight excluding hydrogens is 157 g/mol. The first-order valence-electron chi connectivity index (χ1n) is 3.06. The van der Waals surface area contributed by atoms with Gasteiger partial charge >= 0.3 is 6.18 Å². The molecule has 0 aromatic carbocycles. The average Bonchev–Trinajstić information content (AvgIpc) is 1.87. The SMILES string of the molecule is CC/N=C\C(=N/C)C(F)(F)F. The highest BCUT2D eigenvalue weighted by molar-refractivity contribution is 6.33. The molecule has 0 fully saturated rings. The Hall–Kier alpha value is -0.870. The van der Waals surface area contributed by atoms with Crippen molar-refractivity contribution in [2.75, 3.05) is 13.6 Å². The van der Waals surface area contributed by atoms with E-state index in [9.17, 15) is 13.2 Å². The lowest BCUT2D eigenvalue weighted by molar-refractivity contribution is -0.0564. The van der Waals surface area contributed by atoms with Gasteiger partial charge in [0.05, 0.1) is 6.21 Å². The van der Waals surface area contributed by atoms with Crippen LogP contribution in [-0.2, 0) is 0 Å². The predicted molar refractivity (Wildman–Crippen MR) is 38.4 cm³/mol. The third-order valence-electron chi connectivity index (χ3n) is 0.927. The van der Waals surface area contributed by atoms with Crippen LogP contribution >= 0.6 is 0 Å². The minimum atomic E-state index is -4.38. The van der Waals surface area contributed by atoms with Gasteiger partial charge in [0, 0.05) is 13.6 Å². The van der Waals surface area contributed by atoms with Crippen LogP contribution in [0.5, 0.6) is 0 Å². The van der Waals surface area contributed by atoms with Crippen LogP contribution in [0.1, 0.15) is 6.92 Å². The van der Waals surface area contributed by atoms with Crippen molar-refractivity contribution < 1.29 is 13.2 Å². The number of hydrogen-bond donors (Lipinski definition) is 0. The number of rotatable bonds is 2. The van der Waals surface area contributed by atoms with Crippen LogP contribution in [0.15, 0.2) is 9.98 Å². The van der Waals surface area contributed by atoms with Crippen molar-refractivity contribution in [2.45, 2.75) is 13.1 Å². The highest BCUT2D eigenvalue weighted by Gasteiger charge is 2.33. The predicted octanol–water partition coefficient (Wildman–Crippen LogP) is 1.71. The second-order valence-electron chi connectivity index (χ2n) is 1.73. The Morgan fingerprint density at radius 3 is 2.27 bits per heavy atom. The van der Waals surface area contributed by atoms with E-state index in [4.69, 9.17) is 0 Å². The van der Waals surface area contributed by atoms with Crippen molar-refractivity contribution >= 4 is 11.9 Å². The topological polar surface area (TPSA) is 24.7 Å². The lowest BCUT2D eigenvalue weighted by Gasteiger charge is -2.03. The second-order valence-corrected chi connectivity index (χ2v) is 1.73. The van der Waals surface area contributed by atoms with Crippen molar-refractivity contribution in [2.24, 2.45) is 9.98 Å². The Kier molecular flexibility index (Phi) is 3.78. The second kappa shape index (κ2) is 4.10. The molecule has 0 radical (unpaired) electrons. The van der Waals surface area contributed by atoms with Crippen LogP contribution in [0.25, 0.3) is 0 Å². The molecule has 0 bridgehead atoms. The molecule has 0 amide bonds. The minimum absolute atomic E-state index is 0.328. The van der Waals surface area contributed by atoms with E-state index in [1.54, 1.807) is 6.92 Å². The maximum absolute atomic E-state index is 11.8. The quantitative estimate of drug-likeness (QED) is 0.558. The van der Waals surface area contributed by atoms with Crippen molar-refractivity contribution in [3.8, 4) is 0 Å². The summed E-state index contributed by atoms with van der Waals surface area (Å²) in [6.45, 7) is 1.98. The van der Waals surface area contributed by atoms with Gasteiger partial charge in [0.1, 0.15) is 0 Å². The van der Waals surface area contributed by atoms with Crippen LogP contribution in [0.3, 0.4) is 0 Å². The fourth-order valence-electron chi connectivity index (χ4n) is 0.435. The highest BCUT2D eigenvalue weighted by Crippen LogP contribution is 2.15. The molecule has 0 rings (SSSR count). The van der Waals surface area contributed by atoms with Gasteiger partial charge < -0.3 is 0 Å². The zero-order valence-corrected chi connectivity index (χ0v) is 6.31. The molecule has 0 aliphatic heterocycles. The number of aliphatic imine (C=N–C) groups is 2. The Morgan fingerprint density at radius 1 is 1.45 bits per heavy atom. The van der Waals surface area contributed by atoms with Crippen LogP contribution in [0.2, 0.25) is 0 Å². The zero-order valence-electron chi connectivity index (χ0n) is 6.31. The fourth-order valence-corrected chi connectivity index (χ4v) is 0.435. The molecule has 11 heavy (non-hydrogen) atoms. The number of hydrogen-bond acceptors (Lipinski definition) is 2. The number of alkyl halides is 3. The Labute approximate surface area is 62.9 Å². The van der Waals surface area contributed by atoms with Crippen LogP contribution in [0.4, 0.5) is 13.2 Å². The molecule has 64 valence electrons. The maximum Gasteiger partial charge on any atom is 0.434 e. The van der Waals surface area contributed by atoms with Crippen molar-refractivity contribution in [1.29, 1.82) is 0 Å². The zero-order chi connectivity index (χ0) is 8.91. The van der Waals surface area contributed by atoms with Gasteiger partial charge in [-0.1, -0.05) is 0 Å². The summed E-state index contributed by atoms with van der Waals surface area (Å²) < 4.78 is 35.5. The minimum Gasteiger partial charge on any atom is -0.291 e. The summed E-state index contributed by atoms with van der Waals surface area (Å²) in [6, 6.07) is 0. The third-order valence-corrected chi connectivity index (χ3v) is 0.927. The molecular formula is C6H9F3N2. The summed E-state index contributed by atoms with van der Waals surface area (Å²) in [5.41, 5.74) is -0.945. The van der Waals surface area contributed by atoms with E-state index in [1.807, 2.05) is 0 Å². The van der Waals surface area contributed by atoms with Crippen LogP contribution in [0, 0.1) is 0 Å². The Balaban J connectivity index is 4.33. The van der Waals surface area contributed by atoms with Gasteiger partial charge in [0.2, 0.25) is 0 Å². The molecule has 0 aromatic rings. The first-order chi connectivity index (χ1) is 5.02. The largest absolute Gasteiger partial charge is 0.434 e. The van der Waals surface area contributed by atoms with Crippen LogP contribution < -0.4 is 0 Å². The molecule has 0 heterocycles. The molecule has 5 heteroatoms. The molecule has 2 nitrogen and oxygen atoms in total. The molecule has 0 N–H and O–H groups in total. The van der Waals surface area contributed by atoms with Gasteiger partial charge in [-0.15, -0.1) is 0 Å². The van der Waals surface area contributed by atoms with Gasteiger partial charge in [0.25, 0.3) is 0 Å². The first kappa shape index (κ1) is 10.1. The van der Waals surface area contributed by atoms with Gasteiger partial charge in [-0.25, -0.2) is 0 Å². The summed E-state index contributed by atoms with van der Waals surface area (Å²) in [5.74, 6) is 0. The summed E-state index contributed by atoms with van der Waals surface area (Å²) in [6.07, 6.45) is -3.65. The molecule has 0 aromatic heterocycles. The molecule has 0 saturated carbocycles. The maximum atomic E-state index is 11.8. The lowest BCUT2D eigenvalue weighted by Crippen LogP contribution is -2.24. The van der Waals surface area contributed by atoms with E-state index in [2.05, 4.69) is 9.98 Å².